The highest BCUT2D eigenvalue weighted by atomic mass is 32.2. The van der Waals surface area contributed by atoms with Crippen LogP contribution in [0.5, 0.6) is 0 Å². The van der Waals surface area contributed by atoms with Crippen LogP contribution in [0, 0.1) is 0 Å². The van der Waals surface area contributed by atoms with Crippen LogP contribution < -0.4 is 10.5 Å². The molecule has 130 valence electrons. The Morgan fingerprint density at radius 2 is 1.79 bits per heavy atom. The Labute approximate surface area is 138 Å². The van der Waals surface area contributed by atoms with Gasteiger partial charge in [-0.1, -0.05) is 6.07 Å². The van der Waals surface area contributed by atoms with Crippen LogP contribution in [0.2, 0.25) is 0 Å². The summed E-state index contributed by atoms with van der Waals surface area (Å²) in [6, 6.07) is 5.26. The number of sulfonamides is 1. The zero-order chi connectivity index (χ0) is 18.2. The molecule has 0 aliphatic heterocycles. The van der Waals surface area contributed by atoms with Gasteiger partial charge in [0.25, 0.3) is 5.91 Å². The number of hydrogen-bond acceptors (Lipinski definition) is 7. The molecule has 0 atom stereocenters. The Balaban J connectivity index is 2.53. The van der Waals surface area contributed by atoms with Crippen LogP contribution in [0.3, 0.4) is 0 Å². The van der Waals surface area contributed by atoms with E-state index in [4.69, 9.17) is 5.14 Å². The minimum Gasteiger partial charge on any atom is -0.463 e. The molecule has 0 aliphatic rings. The summed E-state index contributed by atoms with van der Waals surface area (Å²) in [5, 5.41) is 7.32. The van der Waals surface area contributed by atoms with Crippen molar-refractivity contribution in [1.29, 1.82) is 0 Å². The Morgan fingerprint density at radius 3 is 2.38 bits per heavy atom. The smallest absolute Gasteiger partial charge is 0.331 e. The Morgan fingerprint density at radius 1 is 1.17 bits per heavy atom. The van der Waals surface area contributed by atoms with Crippen LogP contribution in [0.1, 0.15) is 6.92 Å². The van der Waals surface area contributed by atoms with E-state index in [1.807, 2.05) is 0 Å². The van der Waals surface area contributed by atoms with E-state index in [9.17, 15) is 22.8 Å². The van der Waals surface area contributed by atoms with Gasteiger partial charge < -0.3 is 14.8 Å². The quantitative estimate of drug-likeness (QED) is 0.514. The molecule has 10 heteroatoms. The van der Waals surface area contributed by atoms with Crippen molar-refractivity contribution in [2.45, 2.75) is 11.8 Å². The highest BCUT2D eigenvalue weighted by Crippen LogP contribution is 2.13. The van der Waals surface area contributed by atoms with E-state index in [0.717, 1.165) is 18.2 Å². The standard InChI is InChI=1S/C14H16N2O7S/c1-2-22-13(18)6-7-14(19)23-9-12(17)16-10-4-3-5-11(8-10)24(15,20)21/h3-8H,2,9H2,1H3,(H,16,17)(H2,15,20,21). The molecule has 0 radical (unpaired) electrons. The van der Waals surface area contributed by atoms with Crippen LogP contribution in [-0.4, -0.2) is 39.5 Å². The van der Waals surface area contributed by atoms with Gasteiger partial charge in [-0.25, -0.2) is 23.1 Å². The molecule has 3 N–H and O–H groups in total. The fraction of sp³-hybridized carbons (Fsp3) is 0.214. The van der Waals surface area contributed by atoms with Gasteiger partial charge in [0, 0.05) is 17.8 Å². The number of rotatable bonds is 7. The zero-order valence-corrected chi connectivity index (χ0v) is 13.5. The number of amides is 1. The van der Waals surface area contributed by atoms with Crippen LogP contribution >= 0.6 is 0 Å². The molecule has 1 amide bonds. The van der Waals surface area contributed by atoms with Crippen LogP contribution in [0.15, 0.2) is 41.3 Å². The summed E-state index contributed by atoms with van der Waals surface area (Å²) in [7, 11) is -3.90. The summed E-state index contributed by atoms with van der Waals surface area (Å²) < 4.78 is 31.6. The topological polar surface area (TPSA) is 142 Å². The number of benzene rings is 1. The lowest BCUT2D eigenvalue weighted by atomic mass is 10.3. The molecular formula is C14H16N2O7S. The number of nitrogens with one attached hydrogen (secondary N) is 1. The van der Waals surface area contributed by atoms with Crippen LogP contribution in [0.4, 0.5) is 5.69 Å². The second kappa shape index (κ2) is 8.79. The van der Waals surface area contributed by atoms with Crippen molar-refractivity contribution in [1.82, 2.24) is 0 Å². The Hall–Kier alpha value is -2.72. The molecule has 1 aromatic rings. The lowest BCUT2D eigenvalue weighted by molar-refractivity contribution is -0.143. The largest absolute Gasteiger partial charge is 0.463 e. The second-order valence-electron chi connectivity index (χ2n) is 4.31. The van der Waals surface area contributed by atoms with Crippen molar-refractivity contribution < 1.29 is 32.3 Å². The van der Waals surface area contributed by atoms with Gasteiger partial charge in [-0.2, -0.15) is 0 Å². The minimum atomic E-state index is -3.90. The van der Waals surface area contributed by atoms with E-state index in [1.165, 1.54) is 18.2 Å². The molecule has 0 spiro atoms. The first kappa shape index (κ1) is 19.3. The van der Waals surface area contributed by atoms with Crippen LogP contribution in [0.25, 0.3) is 0 Å². The molecule has 1 rings (SSSR count). The van der Waals surface area contributed by atoms with E-state index in [-0.39, 0.29) is 17.2 Å². The first-order chi connectivity index (χ1) is 11.2. The van der Waals surface area contributed by atoms with E-state index < -0.39 is 34.5 Å². The van der Waals surface area contributed by atoms with E-state index in [2.05, 4.69) is 14.8 Å². The molecule has 0 saturated carbocycles. The van der Waals surface area contributed by atoms with E-state index in [1.54, 1.807) is 6.92 Å². The number of ether oxygens (including phenoxy) is 2. The SMILES string of the molecule is CCOC(=O)C=CC(=O)OCC(=O)Nc1cccc(S(N)(=O)=O)c1. The maximum absolute atomic E-state index is 11.6. The Kier molecular flexibility index (Phi) is 7.08. The molecule has 0 saturated heterocycles. The molecule has 0 aromatic heterocycles. The summed E-state index contributed by atoms with van der Waals surface area (Å²) in [5.74, 6) is -2.31. The summed E-state index contributed by atoms with van der Waals surface area (Å²) in [4.78, 5) is 33.7. The average molecular weight is 356 g/mol. The lowest BCUT2D eigenvalue weighted by Gasteiger charge is -2.06. The normalized spacial score (nSPS) is 11.1. The first-order valence-corrected chi connectivity index (χ1v) is 8.21. The van der Waals surface area contributed by atoms with Gasteiger partial charge >= 0.3 is 11.9 Å². The fourth-order valence-corrected chi connectivity index (χ4v) is 2.02. The molecule has 0 fully saturated rings. The van der Waals surface area contributed by atoms with Crippen molar-refractivity contribution in [3.05, 3.63) is 36.4 Å². The number of carbonyl (C=O) groups excluding carboxylic acids is 3. The molecule has 0 heterocycles. The number of anilines is 1. The minimum absolute atomic E-state index is 0.165. The number of nitrogens with two attached hydrogens (primary N) is 1. The van der Waals surface area contributed by atoms with Gasteiger partial charge in [-0.15, -0.1) is 0 Å². The van der Waals surface area contributed by atoms with Gasteiger partial charge in [0.1, 0.15) is 0 Å². The maximum atomic E-state index is 11.6. The molecule has 1 aromatic carbocycles. The van der Waals surface area contributed by atoms with Crippen molar-refractivity contribution in [3.63, 3.8) is 0 Å². The summed E-state index contributed by atoms with van der Waals surface area (Å²) in [6.45, 7) is 1.16. The highest BCUT2D eigenvalue weighted by molar-refractivity contribution is 7.89. The van der Waals surface area contributed by atoms with Gasteiger partial charge in [-0.3, -0.25) is 4.79 Å². The summed E-state index contributed by atoms with van der Waals surface area (Å²) in [5.41, 5.74) is 0.171. The number of primary sulfonamides is 1. The molecular weight excluding hydrogens is 340 g/mol. The third-order valence-electron chi connectivity index (χ3n) is 2.43. The second-order valence-corrected chi connectivity index (χ2v) is 5.88. The van der Waals surface area contributed by atoms with E-state index in [0.29, 0.717) is 0 Å². The predicted octanol–water partition coefficient (Wildman–Crippen LogP) is -0.0650. The van der Waals surface area contributed by atoms with Crippen molar-refractivity contribution in [3.8, 4) is 0 Å². The molecule has 0 unspecified atom stereocenters. The predicted molar refractivity (Wildman–Crippen MR) is 83.2 cm³/mol. The first-order valence-electron chi connectivity index (χ1n) is 6.66. The van der Waals surface area contributed by atoms with Gasteiger partial charge in [0.05, 0.1) is 11.5 Å². The molecule has 9 nitrogen and oxygen atoms in total. The van der Waals surface area contributed by atoms with Gasteiger partial charge in [0.2, 0.25) is 10.0 Å². The van der Waals surface area contributed by atoms with Crippen molar-refractivity contribution >= 4 is 33.6 Å². The number of hydrogen-bond donors (Lipinski definition) is 2. The lowest BCUT2D eigenvalue weighted by Crippen LogP contribution is -2.20. The van der Waals surface area contributed by atoms with Crippen molar-refractivity contribution in [2.24, 2.45) is 5.14 Å². The molecule has 0 bridgehead atoms. The molecule has 0 aliphatic carbocycles. The number of esters is 2. The zero-order valence-electron chi connectivity index (χ0n) is 12.7. The van der Waals surface area contributed by atoms with E-state index >= 15 is 0 Å². The Bertz CT molecular complexity index is 756. The van der Waals surface area contributed by atoms with Gasteiger partial charge in [0.15, 0.2) is 6.61 Å². The van der Waals surface area contributed by atoms with Crippen molar-refractivity contribution in [2.75, 3.05) is 18.5 Å². The summed E-state index contributed by atoms with van der Waals surface area (Å²) in [6.07, 6.45) is 1.70. The average Bonchev–Trinajstić information content (AvgIpc) is 2.50. The summed E-state index contributed by atoms with van der Waals surface area (Å²) >= 11 is 0. The fourth-order valence-electron chi connectivity index (χ4n) is 1.46. The monoisotopic (exact) mass is 356 g/mol. The van der Waals surface area contributed by atoms with Gasteiger partial charge in [-0.05, 0) is 25.1 Å². The molecule has 24 heavy (non-hydrogen) atoms. The maximum Gasteiger partial charge on any atom is 0.331 e. The number of carbonyl (C=O) groups is 3. The highest BCUT2D eigenvalue weighted by Gasteiger charge is 2.10. The third-order valence-corrected chi connectivity index (χ3v) is 3.34. The van der Waals surface area contributed by atoms with Crippen LogP contribution in [-0.2, 0) is 33.9 Å². The third kappa shape index (κ3) is 7.03.